The smallest absolute Gasteiger partial charge is 0.0913 e. The zero-order chi connectivity index (χ0) is 8.77. The highest BCUT2D eigenvalue weighted by atomic mass is 35.5. The molecule has 0 aromatic heterocycles. The molecule has 0 unspecified atom stereocenters. The number of halogens is 1. The minimum absolute atomic E-state index is 0.606. The van der Waals surface area contributed by atoms with Gasteiger partial charge in [-0.2, -0.15) is 0 Å². The van der Waals surface area contributed by atoms with Crippen LogP contribution in [0.3, 0.4) is 0 Å². The fraction of sp³-hybridized carbons (Fsp3) is 0.400. The summed E-state index contributed by atoms with van der Waals surface area (Å²) in [6, 6.07) is 5.80. The van der Waals surface area contributed by atoms with E-state index in [1.807, 2.05) is 25.1 Å². The molecule has 64 valence electrons. The standard InChI is InChI=1S/C10H11ClO/c1-7-2-3-8(9(11)6-7)10(12)4-5-10/h2-3,6,12H,4-5H2,1H3. The lowest BCUT2D eigenvalue weighted by molar-refractivity contribution is 0.151. The summed E-state index contributed by atoms with van der Waals surface area (Å²) in [5.41, 5.74) is 1.41. The molecule has 0 aliphatic heterocycles. The highest BCUT2D eigenvalue weighted by Crippen LogP contribution is 2.47. The third kappa shape index (κ3) is 1.23. The van der Waals surface area contributed by atoms with Gasteiger partial charge < -0.3 is 5.11 Å². The molecule has 1 aliphatic rings. The average Bonchev–Trinajstić information content (AvgIpc) is 2.68. The van der Waals surface area contributed by atoms with Gasteiger partial charge in [-0.3, -0.25) is 0 Å². The van der Waals surface area contributed by atoms with Crippen LogP contribution in [0.25, 0.3) is 0 Å². The summed E-state index contributed by atoms with van der Waals surface area (Å²) < 4.78 is 0. The van der Waals surface area contributed by atoms with Gasteiger partial charge in [0.05, 0.1) is 5.60 Å². The Morgan fingerprint density at radius 1 is 1.42 bits per heavy atom. The Morgan fingerprint density at radius 2 is 2.08 bits per heavy atom. The van der Waals surface area contributed by atoms with Gasteiger partial charge in [0, 0.05) is 10.6 Å². The zero-order valence-corrected chi connectivity index (χ0v) is 7.73. The zero-order valence-electron chi connectivity index (χ0n) is 6.97. The van der Waals surface area contributed by atoms with Crippen molar-refractivity contribution >= 4 is 11.6 Å². The number of aryl methyl sites for hydroxylation is 1. The van der Waals surface area contributed by atoms with E-state index in [2.05, 4.69) is 0 Å². The molecule has 1 aromatic carbocycles. The molecule has 0 saturated heterocycles. The van der Waals surface area contributed by atoms with Crippen LogP contribution in [0.4, 0.5) is 0 Å². The molecule has 1 aliphatic carbocycles. The van der Waals surface area contributed by atoms with Crippen molar-refractivity contribution in [2.45, 2.75) is 25.4 Å². The molecule has 1 nitrogen and oxygen atoms in total. The monoisotopic (exact) mass is 182 g/mol. The summed E-state index contributed by atoms with van der Waals surface area (Å²) >= 11 is 5.99. The second kappa shape index (κ2) is 2.48. The van der Waals surface area contributed by atoms with Crippen molar-refractivity contribution < 1.29 is 5.11 Å². The summed E-state index contributed by atoms with van der Waals surface area (Å²) in [7, 11) is 0. The lowest BCUT2D eigenvalue weighted by atomic mass is 10.1. The van der Waals surface area contributed by atoms with E-state index in [-0.39, 0.29) is 0 Å². The quantitative estimate of drug-likeness (QED) is 0.708. The molecule has 0 heterocycles. The number of hydrogen-bond donors (Lipinski definition) is 1. The fourth-order valence-electron chi connectivity index (χ4n) is 1.39. The van der Waals surface area contributed by atoms with Crippen LogP contribution in [0.2, 0.25) is 5.02 Å². The predicted molar refractivity (Wildman–Crippen MR) is 49.3 cm³/mol. The second-order valence-electron chi connectivity index (χ2n) is 3.51. The van der Waals surface area contributed by atoms with E-state index in [0.717, 1.165) is 24.0 Å². The Kier molecular flexibility index (Phi) is 1.67. The summed E-state index contributed by atoms with van der Waals surface area (Å²) in [5.74, 6) is 0. The molecule has 0 bridgehead atoms. The minimum Gasteiger partial charge on any atom is -0.385 e. The van der Waals surface area contributed by atoms with Gasteiger partial charge in [-0.15, -0.1) is 0 Å². The first-order valence-electron chi connectivity index (χ1n) is 4.11. The maximum absolute atomic E-state index is 9.79. The number of aliphatic hydroxyl groups is 1. The van der Waals surface area contributed by atoms with Gasteiger partial charge in [-0.1, -0.05) is 23.7 Å². The van der Waals surface area contributed by atoms with E-state index >= 15 is 0 Å². The minimum atomic E-state index is -0.606. The molecule has 2 rings (SSSR count). The van der Waals surface area contributed by atoms with Gasteiger partial charge >= 0.3 is 0 Å². The summed E-state index contributed by atoms with van der Waals surface area (Å²) in [5, 5.41) is 10.5. The highest BCUT2D eigenvalue weighted by Gasteiger charge is 2.43. The molecule has 2 heteroatoms. The molecule has 1 N–H and O–H groups in total. The van der Waals surface area contributed by atoms with E-state index in [4.69, 9.17) is 11.6 Å². The van der Waals surface area contributed by atoms with Crippen LogP contribution in [-0.4, -0.2) is 5.11 Å². The number of rotatable bonds is 1. The molecule has 0 atom stereocenters. The van der Waals surface area contributed by atoms with Crippen molar-refractivity contribution in [2.24, 2.45) is 0 Å². The first kappa shape index (κ1) is 8.09. The summed E-state index contributed by atoms with van der Waals surface area (Å²) in [6.07, 6.45) is 1.69. The molecule has 1 aromatic rings. The molecular formula is C10H11ClO. The molecule has 0 radical (unpaired) electrons. The van der Waals surface area contributed by atoms with E-state index in [1.54, 1.807) is 0 Å². The predicted octanol–water partition coefficient (Wildman–Crippen LogP) is 2.63. The lowest BCUT2D eigenvalue weighted by Gasteiger charge is -2.10. The Morgan fingerprint density at radius 3 is 2.58 bits per heavy atom. The van der Waals surface area contributed by atoms with Crippen molar-refractivity contribution in [3.63, 3.8) is 0 Å². The molecule has 0 spiro atoms. The van der Waals surface area contributed by atoms with Gasteiger partial charge in [0.1, 0.15) is 0 Å². The van der Waals surface area contributed by atoms with E-state index < -0.39 is 5.60 Å². The van der Waals surface area contributed by atoms with E-state index in [9.17, 15) is 5.11 Å². The largest absolute Gasteiger partial charge is 0.385 e. The Bertz CT molecular complexity index is 316. The highest BCUT2D eigenvalue weighted by molar-refractivity contribution is 6.31. The van der Waals surface area contributed by atoms with Crippen molar-refractivity contribution in [1.82, 2.24) is 0 Å². The summed E-state index contributed by atoms with van der Waals surface area (Å²) in [6.45, 7) is 1.99. The second-order valence-corrected chi connectivity index (χ2v) is 3.92. The Hall–Kier alpha value is -0.530. The Labute approximate surface area is 77.0 Å². The number of benzene rings is 1. The third-order valence-corrected chi connectivity index (χ3v) is 2.66. The molecule has 12 heavy (non-hydrogen) atoms. The van der Waals surface area contributed by atoms with Gasteiger partial charge in [-0.05, 0) is 31.4 Å². The van der Waals surface area contributed by atoms with Crippen LogP contribution in [0.5, 0.6) is 0 Å². The lowest BCUT2D eigenvalue weighted by Crippen LogP contribution is -2.04. The van der Waals surface area contributed by atoms with Crippen molar-refractivity contribution in [1.29, 1.82) is 0 Å². The average molecular weight is 183 g/mol. The number of hydrogen-bond acceptors (Lipinski definition) is 1. The SMILES string of the molecule is Cc1ccc(C2(O)CC2)c(Cl)c1. The van der Waals surface area contributed by atoms with Crippen molar-refractivity contribution in [3.05, 3.63) is 34.3 Å². The normalized spacial score (nSPS) is 19.2. The van der Waals surface area contributed by atoms with Crippen LogP contribution in [0.1, 0.15) is 24.0 Å². The van der Waals surface area contributed by atoms with Gasteiger partial charge in [0.15, 0.2) is 0 Å². The molecule has 1 fully saturated rings. The van der Waals surface area contributed by atoms with Crippen LogP contribution in [0.15, 0.2) is 18.2 Å². The maximum Gasteiger partial charge on any atom is 0.0913 e. The van der Waals surface area contributed by atoms with Crippen LogP contribution in [0, 0.1) is 6.92 Å². The molecule has 0 amide bonds. The fourth-order valence-corrected chi connectivity index (χ4v) is 1.80. The van der Waals surface area contributed by atoms with Crippen LogP contribution in [-0.2, 0) is 5.60 Å². The summed E-state index contributed by atoms with van der Waals surface area (Å²) in [4.78, 5) is 0. The molecular weight excluding hydrogens is 172 g/mol. The van der Waals surface area contributed by atoms with Crippen molar-refractivity contribution in [3.8, 4) is 0 Å². The van der Waals surface area contributed by atoms with Gasteiger partial charge in [-0.25, -0.2) is 0 Å². The first-order chi connectivity index (χ1) is 5.62. The van der Waals surface area contributed by atoms with E-state index in [0.29, 0.717) is 5.02 Å². The van der Waals surface area contributed by atoms with Crippen LogP contribution < -0.4 is 0 Å². The van der Waals surface area contributed by atoms with Gasteiger partial charge in [0.25, 0.3) is 0 Å². The van der Waals surface area contributed by atoms with Crippen molar-refractivity contribution in [2.75, 3.05) is 0 Å². The van der Waals surface area contributed by atoms with E-state index in [1.165, 1.54) is 0 Å². The molecule has 1 saturated carbocycles. The maximum atomic E-state index is 9.79. The third-order valence-electron chi connectivity index (χ3n) is 2.35. The van der Waals surface area contributed by atoms with Crippen LogP contribution >= 0.6 is 11.6 Å². The Balaban J connectivity index is 2.45. The first-order valence-corrected chi connectivity index (χ1v) is 4.49. The topological polar surface area (TPSA) is 20.2 Å². The van der Waals surface area contributed by atoms with Gasteiger partial charge in [0.2, 0.25) is 0 Å².